The Morgan fingerprint density at radius 1 is 1.18 bits per heavy atom. The van der Waals surface area contributed by atoms with Crippen molar-refractivity contribution in [2.45, 2.75) is 13.0 Å². The average molecular weight is 379 g/mol. The van der Waals surface area contributed by atoms with Crippen LogP contribution >= 0.6 is 0 Å². The number of pyridine rings is 1. The molecule has 7 heteroatoms. The molecule has 2 aromatic carbocycles. The van der Waals surface area contributed by atoms with Gasteiger partial charge in [-0.3, -0.25) is 0 Å². The van der Waals surface area contributed by atoms with E-state index in [0.717, 1.165) is 17.7 Å². The molecule has 0 bridgehead atoms. The van der Waals surface area contributed by atoms with Crippen LogP contribution in [0.5, 0.6) is 17.4 Å². The molecule has 0 spiro atoms. The van der Waals surface area contributed by atoms with E-state index >= 15 is 0 Å². The Hall–Kier alpha value is -3.61. The molecule has 0 saturated heterocycles. The number of fused-ring (bicyclic) bond motifs is 1. The van der Waals surface area contributed by atoms with Crippen molar-refractivity contribution < 1.29 is 18.7 Å². The SMILES string of the molecule is O=C(NCc1cccnc1Oc1cccc(F)c1)Nc1ccc2c(c1)CCO2. The molecule has 2 heterocycles. The van der Waals surface area contributed by atoms with Crippen LogP contribution < -0.4 is 20.1 Å². The normalized spacial score (nSPS) is 12.0. The molecule has 6 nitrogen and oxygen atoms in total. The molecule has 142 valence electrons. The van der Waals surface area contributed by atoms with Crippen molar-refractivity contribution in [3.63, 3.8) is 0 Å². The summed E-state index contributed by atoms with van der Waals surface area (Å²) in [6.45, 7) is 0.873. The molecular weight excluding hydrogens is 361 g/mol. The molecule has 0 aliphatic carbocycles. The molecule has 0 saturated carbocycles. The van der Waals surface area contributed by atoms with Gasteiger partial charge in [0.1, 0.15) is 17.3 Å². The maximum Gasteiger partial charge on any atom is 0.319 e. The predicted molar refractivity (Wildman–Crippen MR) is 102 cm³/mol. The van der Waals surface area contributed by atoms with Crippen molar-refractivity contribution in [1.82, 2.24) is 10.3 Å². The molecule has 0 unspecified atom stereocenters. The van der Waals surface area contributed by atoms with E-state index in [-0.39, 0.29) is 12.6 Å². The van der Waals surface area contributed by atoms with Gasteiger partial charge in [0.05, 0.1) is 6.61 Å². The van der Waals surface area contributed by atoms with Crippen LogP contribution in [0.1, 0.15) is 11.1 Å². The summed E-state index contributed by atoms with van der Waals surface area (Å²) in [7, 11) is 0. The van der Waals surface area contributed by atoms with Crippen LogP contribution in [0.15, 0.2) is 60.8 Å². The second-order valence-corrected chi connectivity index (χ2v) is 6.26. The molecule has 2 amide bonds. The van der Waals surface area contributed by atoms with E-state index in [1.54, 1.807) is 36.5 Å². The maximum absolute atomic E-state index is 13.3. The summed E-state index contributed by atoms with van der Waals surface area (Å²) in [6.07, 6.45) is 2.41. The van der Waals surface area contributed by atoms with E-state index in [0.29, 0.717) is 29.5 Å². The second-order valence-electron chi connectivity index (χ2n) is 6.26. The first-order chi connectivity index (χ1) is 13.7. The van der Waals surface area contributed by atoms with E-state index in [4.69, 9.17) is 9.47 Å². The van der Waals surface area contributed by atoms with Crippen LogP contribution in [0.4, 0.5) is 14.9 Å². The van der Waals surface area contributed by atoms with Crippen molar-refractivity contribution in [2.24, 2.45) is 0 Å². The molecule has 3 aromatic rings. The first kappa shape index (κ1) is 17.8. The molecule has 28 heavy (non-hydrogen) atoms. The monoisotopic (exact) mass is 379 g/mol. The number of carbonyl (C=O) groups excluding carboxylic acids is 1. The third-order valence-electron chi connectivity index (χ3n) is 4.25. The Morgan fingerprint density at radius 2 is 2.11 bits per heavy atom. The number of benzene rings is 2. The fraction of sp³-hybridized carbons (Fsp3) is 0.143. The first-order valence-corrected chi connectivity index (χ1v) is 8.85. The number of rotatable bonds is 5. The number of ether oxygens (including phenoxy) is 2. The van der Waals surface area contributed by atoms with Crippen LogP contribution in [0.25, 0.3) is 0 Å². The summed E-state index contributed by atoms with van der Waals surface area (Å²) in [5.74, 6) is 1.11. The number of amides is 2. The molecule has 1 aliphatic rings. The molecule has 0 atom stereocenters. The van der Waals surface area contributed by atoms with Crippen molar-refractivity contribution in [2.75, 3.05) is 11.9 Å². The highest BCUT2D eigenvalue weighted by atomic mass is 19.1. The number of carbonyl (C=O) groups is 1. The van der Waals surface area contributed by atoms with Gasteiger partial charge in [-0.05, 0) is 42.0 Å². The zero-order valence-electron chi connectivity index (χ0n) is 14.9. The number of nitrogens with one attached hydrogen (secondary N) is 2. The molecule has 4 rings (SSSR count). The summed E-state index contributed by atoms with van der Waals surface area (Å²) >= 11 is 0. The molecule has 0 fully saturated rings. The number of halogens is 1. The third kappa shape index (κ3) is 4.20. The highest BCUT2D eigenvalue weighted by Gasteiger charge is 2.13. The maximum atomic E-state index is 13.3. The second kappa shape index (κ2) is 7.96. The standard InChI is InChI=1S/C21H18FN3O3/c22-16-4-1-5-18(12-16)28-20-15(3-2-9-23-20)13-24-21(26)25-17-6-7-19-14(11-17)8-10-27-19/h1-7,9,11-12H,8,10,13H2,(H2,24,25,26). The van der Waals surface area contributed by atoms with Crippen molar-refractivity contribution in [3.8, 4) is 17.4 Å². The molecule has 1 aliphatic heterocycles. The van der Waals surface area contributed by atoms with Crippen LogP contribution in [0.3, 0.4) is 0 Å². The van der Waals surface area contributed by atoms with Crippen molar-refractivity contribution in [1.29, 1.82) is 0 Å². The fourth-order valence-corrected chi connectivity index (χ4v) is 2.91. The zero-order valence-corrected chi connectivity index (χ0v) is 14.9. The summed E-state index contributed by atoms with van der Waals surface area (Å²) < 4.78 is 24.5. The summed E-state index contributed by atoms with van der Waals surface area (Å²) in [4.78, 5) is 16.4. The molecule has 0 radical (unpaired) electrons. The van der Waals surface area contributed by atoms with Crippen LogP contribution in [-0.4, -0.2) is 17.6 Å². The number of nitrogens with zero attached hydrogens (tertiary/aromatic N) is 1. The van der Waals surface area contributed by atoms with Crippen LogP contribution in [-0.2, 0) is 13.0 Å². The average Bonchev–Trinajstić information content (AvgIpc) is 3.15. The quantitative estimate of drug-likeness (QED) is 0.694. The van der Waals surface area contributed by atoms with Gasteiger partial charge in [0.2, 0.25) is 5.88 Å². The van der Waals surface area contributed by atoms with Gasteiger partial charge in [0.15, 0.2) is 0 Å². The molecule has 2 N–H and O–H groups in total. The third-order valence-corrected chi connectivity index (χ3v) is 4.25. The topological polar surface area (TPSA) is 72.5 Å². The number of anilines is 1. The zero-order chi connectivity index (χ0) is 19.3. The van der Waals surface area contributed by atoms with Gasteiger partial charge in [-0.25, -0.2) is 14.2 Å². The van der Waals surface area contributed by atoms with E-state index < -0.39 is 5.82 Å². The molecule has 1 aromatic heterocycles. The first-order valence-electron chi connectivity index (χ1n) is 8.85. The fourth-order valence-electron chi connectivity index (χ4n) is 2.91. The Balaban J connectivity index is 1.38. The Labute approximate surface area is 161 Å². The summed E-state index contributed by atoms with van der Waals surface area (Å²) in [6, 6.07) is 14.5. The van der Waals surface area contributed by atoms with Gasteiger partial charge >= 0.3 is 6.03 Å². The van der Waals surface area contributed by atoms with E-state index in [2.05, 4.69) is 15.6 Å². The van der Waals surface area contributed by atoms with Crippen molar-refractivity contribution >= 4 is 11.7 Å². The predicted octanol–water partition coefficient (Wildman–Crippen LogP) is 4.27. The van der Waals surface area contributed by atoms with E-state index in [1.165, 1.54) is 12.1 Å². The van der Waals surface area contributed by atoms with Gasteiger partial charge in [-0.1, -0.05) is 12.1 Å². The minimum Gasteiger partial charge on any atom is -0.493 e. The highest BCUT2D eigenvalue weighted by molar-refractivity contribution is 5.89. The summed E-state index contributed by atoms with van der Waals surface area (Å²) in [5, 5.41) is 5.58. The Bertz CT molecular complexity index is 1010. The smallest absolute Gasteiger partial charge is 0.319 e. The lowest BCUT2D eigenvalue weighted by molar-refractivity contribution is 0.251. The minimum absolute atomic E-state index is 0.207. The lowest BCUT2D eigenvalue weighted by atomic mass is 10.1. The lowest BCUT2D eigenvalue weighted by Crippen LogP contribution is -2.28. The molecular formula is C21H18FN3O3. The number of hydrogen-bond acceptors (Lipinski definition) is 4. The minimum atomic E-state index is -0.396. The highest BCUT2D eigenvalue weighted by Crippen LogP contribution is 2.28. The van der Waals surface area contributed by atoms with Crippen LogP contribution in [0, 0.1) is 5.82 Å². The summed E-state index contributed by atoms with van der Waals surface area (Å²) in [5.41, 5.74) is 2.45. The van der Waals surface area contributed by atoms with Gasteiger partial charge in [-0.2, -0.15) is 0 Å². The number of hydrogen-bond donors (Lipinski definition) is 2. The number of urea groups is 1. The van der Waals surface area contributed by atoms with Gasteiger partial charge < -0.3 is 20.1 Å². The van der Waals surface area contributed by atoms with Gasteiger partial charge in [-0.15, -0.1) is 0 Å². The van der Waals surface area contributed by atoms with E-state index in [1.807, 2.05) is 12.1 Å². The van der Waals surface area contributed by atoms with Gasteiger partial charge in [0, 0.05) is 36.5 Å². The lowest BCUT2D eigenvalue weighted by Gasteiger charge is -2.12. The number of aromatic nitrogens is 1. The van der Waals surface area contributed by atoms with Crippen LogP contribution in [0.2, 0.25) is 0 Å². The van der Waals surface area contributed by atoms with E-state index in [9.17, 15) is 9.18 Å². The Kier molecular flexibility index (Phi) is 5.05. The largest absolute Gasteiger partial charge is 0.493 e. The Morgan fingerprint density at radius 3 is 3.00 bits per heavy atom. The van der Waals surface area contributed by atoms with Gasteiger partial charge in [0.25, 0.3) is 0 Å². The van der Waals surface area contributed by atoms with Crippen molar-refractivity contribution in [3.05, 3.63) is 77.7 Å².